The number of nitrogens with zero attached hydrogens (tertiary/aromatic N) is 5. The monoisotopic (exact) mass is 411 g/mol. The number of halogens is 1. The third kappa shape index (κ3) is 3.27. The van der Waals surface area contributed by atoms with E-state index < -0.39 is 0 Å². The fourth-order valence-corrected chi connectivity index (χ4v) is 4.40. The molecule has 28 heavy (non-hydrogen) atoms. The molecule has 0 fully saturated rings. The lowest BCUT2D eigenvalue weighted by Crippen LogP contribution is -2.32. The van der Waals surface area contributed by atoms with Gasteiger partial charge in [-0.25, -0.2) is 4.98 Å². The molecule has 4 aromatic rings. The van der Waals surface area contributed by atoms with Crippen LogP contribution >= 0.6 is 22.9 Å². The highest BCUT2D eigenvalue weighted by Crippen LogP contribution is 2.36. The van der Waals surface area contributed by atoms with E-state index in [2.05, 4.69) is 10.1 Å². The van der Waals surface area contributed by atoms with Gasteiger partial charge in [0.15, 0.2) is 5.13 Å². The first-order valence-corrected chi connectivity index (χ1v) is 9.90. The number of hydrogen-bond acceptors (Lipinski definition) is 5. The molecular weight excluding hydrogens is 394 g/mol. The molecule has 0 saturated heterocycles. The maximum atomic E-state index is 13.5. The lowest BCUT2D eigenvalue weighted by atomic mass is 10.2. The highest BCUT2D eigenvalue weighted by molar-refractivity contribution is 7.23. The van der Waals surface area contributed by atoms with Gasteiger partial charge in [-0.15, -0.1) is 0 Å². The number of fused-ring (bicyclic) bond motifs is 1. The summed E-state index contributed by atoms with van der Waals surface area (Å²) in [5.74, 6) is -0.158. The van der Waals surface area contributed by atoms with E-state index in [0.29, 0.717) is 22.4 Å². The lowest BCUT2D eigenvalue weighted by molar-refractivity contribution is 0.0975. The van der Waals surface area contributed by atoms with Gasteiger partial charge in [-0.05, 0) is 42.7 Å². The minimum absolute atomic E-state index is 0.158. The van der Waals surface area contributed by atoms with Gasteiger partial charge in [0.1, 0.15) is 5.69 Å². The van der Waals surface area contributed by atoms with Crippen molar-refractivity contribution in [2.45, 2.75) is 20.4 Å². The minimum Gasteiger partial charge on any atom is -0.278 e. The van der Waals surface area contributed by atoms with Gasteiger partial charge in [0, 0.05) is 19.4 Å². The van der Waals surface area contributed by atoms with Crippen molar-refractivity contribution in [1.82, 2.24) is 19.7 Å². The first kappa shape index (κ1) is 18.6. The van der Waals surface area contributed by atoms with Crippen LogP contribution in [0.4, 0.5) is 5.13 Å². The van der Waals surface area contributed by atoms with Crippen LogP contribution in [0.25, 0.3) is 10.2 Å². The molecule has 6 nitrogen and oxygen atoms in total. The summed E-state index contributed by atoms with van der Waals surface area (Å²) in [6.45, 7) is 4.22. The zero-order valence-corrected chi connectivity index (χ0v) is 17.3. The molecule has 8 heteroatoms. The highest BCUT2D eigenvalue weighted by Gasteiger charge is 2.26. The molecule has 1 amide bonds. The summed E-state index contributed by atoms with van der Waals surface area (Å²) in [4.78, 5) is 24.1. The third-order valence-electron chi connectivity index (χ3n) is 4.55. The fraction of sp³-hybridized carbons (Fsp3) is 0.200. The summed E-state index contributed by atoms with van der Waals surface area (Å²) < 4.78 is 2.47. The number of rotatable bonds is 4. The van der Waals surface area contributed by atoms with Crippen molar-refractivity contribution in [1.29, 1.82) is 0 Å². The Hall–Kier alpha value is -2.77. The average molecular weight is 412 g/mol. The van der Waals surface area contributed by atoms with E-state index >= 15 is 0 Å². The Bertz CT molecular complexity index is 1110. The van der Waals surface area contributed by atoms with Crippen LogP contribution in [0, 0.1) is 13.8 Å². The zero-order chi connectivity index (χ0) is 19.8. The van der Waals surface area contributed by atoms with E-state index in [4.69, 9.17) is 16.6 Å². The number of hydrogen-bond donors (Lipinski definition) is 0. The molecule has 3 aromatic heterocycles. The van der Waals surface area contributed by atoms with Crippen molar-refractivity contribution >= 4 is 44.2 Å². The smallest absolute Gasteiger partial charge is 0.278 e. The van der Waals surface area contributed by atoms with Crippen LogP contribution < -0.4 is 4.90 Å². The number of anilines is 1. The van der Waals surface area contributed by atoms with Crippen molar-refractivity contribution in [3.05, 3.63) is 70.3 Å². The molecule has 0 aliphatic carbocycles. The largest absolute Gasteiger partial charge is 0.278 e. The molecule has 0 N–H and O–H groups in total. The molecule has 142 valence electrons. The topological polar surface area (TPSA) is 63.9 Å². The predicted octanol–water partition coefficient (Wildman–Crippen LogP) is 4.54. The van der Waals surface area contributed by atoms with Crippen LogP contribution in [-0.2, 0) is 13.6 Å². The maximum absolute atomic E-state index is 13.5. The van der Waals surface area contributed by atoms with E-state index in [1.807, 2.05) is 38.1 Å². The Morgan fingerprint density at radius 1 is 1.21 bits per heavy atom. The van der Waals surface area contributed by atoms with Crippen molar-refractivity contribution in [3.8, 4) is 0 Å². The zero-order valence-electron chi connectivity index (χ0n) is 15.7. The van der Waals surface area contributed by atoms with Gasteiger partial charge in [0.2, 0.25) is 0 Å². The summed E-state index contributed by atoms with van der Waals surface area (Å²) in [5.41, 5.74) is 4.10. The van der Waals surface area contributed by atoms with Gasteiger partial charge < -0.3 is 0 Å². The van der Waals surface area contributed by atoms with E-state index in [-0.39, 0.29) is 5.91 Å². The van der Waals surface area contributed by atoms with Crippen molar-refractivity contribution in [3.63, 3.8) is 0 Å². The predicted molar refractivity (Wildman–Crippen MR) is 112 cm³/mol. The summed E-state index contributed by atoms with van der Waals surface area (Å²) >= 11 is 7.79. The lowest BCUT2D eigenvalue weighted by Gasteiger charge is -2.20. The van der Waals surface area contributed by atoms with Gasteiger partial charge in [0.25, 0.3) is 5.91 Å². The molecule has 3 heterocycles. The van der Waals surface area contributed by atoms with Crippen molar-refractivity contribution < 1.29 is 4.79 Å². The highest BCUT2D eigenvalue weighted by atomic mass is 35.5. The second-order valence-corrected chi connectivity index (χ2v) is 7.98. The number of aromatic nitrogens is 4. The van der Waals surface area contributed by atoms with Gasteiger partial charge >= 0.3 is 0 Å². The normalized spacial score (nSPS) is 11.1. The number of carbonyl (C=O) groups excluding carboxylic acids is 1. The van der Waals surface area contributed by atoms with Crippen LogP contribution in [-0.4, -0.2) is 25.7 Å². The number of benzene rings is 1. The molecule has 0 radical (unpaired) electrons. The van der Waals surface area contributed by atoms with Crippen molar-refractivity contribution in [2.24, 2.45) is 7.05 Å². The first-order valence-electron chi connectivity index (χ1n) is 8.70. The molecule has 4 rings (SSSR count). The van der Waals surface area contributed by atoms with E-state index in [0.717, 1.165) is 26.9 Å². The maximum Gasteiger partial charge on any atom is 0.278 e. The molecule has 0 aliphatic heterocycles. The quantitative estimate of drug-likeness (QED) is 0.494. The van der Waals surface area contributed by atoms with E-state index in [1.165, 1.54) is 11.3 Å². The summed E-state index contributed by atoms with van der Waals surface area (Å²) in [7, 11) is 1.77. The van der Waals surface area contributed by atoms with E-state index in [1.54, 1.807) is 35.2 Å². The number of amides is 1. The summed E-state index contributed by atoms with van der Waals surface area (Å²) in [6.07, 6.45) is 5.15. The second-order valence-electron chi connectivity index (χ2n) is 6.59. The molecule has 0 unspecified atom stereocenters. The third-order valence-corrected chi connectivity index (χ3v) is 6.09. The first-order chi connectivity index (χ1) is 13.5. The molecular formula is C20H18ClN5OS. The molecule has 0 saturated carbocycles. The Morgan fingerprint density at radius 3 is 2.68 bits per heavy atom. The molecule has 0 bridgehead atoms. The van der Waals surface area contributed by atoms with Gasteiger partial charge in [-0.3, -0.25) is 19.4 Å². The fourth-order valence-electron chi connectivity index (χ4n) is 3.09. The Balaban J connectivity index is 1.85. The van der Waals surface area contributed by atoms with E-state index in [9.17, 15) is 4.79 Å². The second kappa shape index (κ2) is 7.33. The Labute approximate surface area is 171 Å². The van der Waals surface area contributed by atoms with Crippen molar-refractivity contribution in [2.75, 3.05) is 4.90 Å². The number of aryl methyl sites for hydroxylation is 3. The van der Waals surface area contributed by atoms with Crippen LogP contribution in [0.5, 0.6) is 0 Å². The summed E-state index contributed by atoms with van der Waals surface area (Å²) in [6, 6.07) is 7.59. The SMILES string of the molecule is Cc1cnn(C)c1C(=O)N(Cc1cccnc1)c1nc2c(C)ccc(Cl)c2s1. The Kier molecular flexibility index (Phi) is 4.87. The van der Waals surface area contributed by atoms with Crippen LogP contribution in [0.1, 0.15) is 27.2 Å². The van der Waals surface area contributed by atoms with Gasteiger partial charge in [-0.1, -0.05) is 35.1 Å². The van der Waals surface area contributed by atoms with Crippen LogP contribution in [0.3, 0.4) is 0 Å². The summed E-state index contributed by atoms with van der Waals surface area (Å²) in [5, 5.41) is 5.44. The molecule has 0 atom stereocenters. The Morgan fingerprint density at radius 2 is 2.04 bits per heavy atom. The standard InChI is InChI=1S/C20H18ClN5OS/c1-12-6-7-15(21)18-16(12)24-20(28-18)26(11-14-5-4-8-22-10-14)19(27)17-13(2)9-23-25(17)3/h4-10H,11H2,1-3H3. The number of thiazole rings is 1. The molecule has 0 spiro atoms. The van der Waals surface area contributed by atoms with Gasteiger partial charge in [0.05, 0.1) is 28.0 Å². The minimum atomic E-state index is -0.158. The van der Waals surface area contributed by atoms with Gasteiger partial charge in [-0.2, -0.15) is 5.10 Å². The van der Waals surface area contributed by atoms with Crippen LogP contribution in [0.15, 0.2) is 42.9 Å². The number of pyridine rings is 1. The molecule has 1 aromatic carbocycles. The average Bonchev–Trinajstić information content (AvgIpc) is 3.28. The number of carbonyl (C=O) groups is 1. The van der Waals surface area contributed by atoms with Crippen LogP contribution in [0.2, 0.25) is 5.02 Å². The molecule has 0 aliphatic rings.